The molecule has 0 heterocycles. The number of nitrogens with zero attached hydrogens (tertiary/aromatic N) is 1. The van der Waals surface area contributed by atoms with Gasteiger partial charge in [0, 0.05) is 5.02 Å². The molecule has 0 bridgehead atoms. The summed E-state index contributed by atoms with van der Waals surface area (Å²) in [6.45, 7) is 10.7. The van der Waals surface area contributed by atoms with Crippen LogP contribution in [0.5, 0.6) is 0 Å². The summed E-state index contributed by atoms with van der Waals surface area (Å²) in [5.41, 5.74) is -0.192. The molecule has 1 saturated carbocycles. The van der Waals surface area contributed by atoms with E-state index in [4.69, 9.17) is 25.9 Å². The lowest BCUT2D eigenvalue weighted by atomic mass is 9.71. The van der Waals surface area contributed by atoms with Crippen molar-refractivity contribution in [3.8, 4) is 0 Å². The van der Waals surface area contributed by atoms with Crippen molar-refractivity contribution in [2.45, 2.75) is 71.5 Å². The normalized spacial score (nSPS) is 19.4. The Hall–Kier alpha value is -1.95. The van der Waals surface area contributed by atoms with Crippen molar-refractivity contribution in [2.24, 2.45) is 5.92 Å². The fraction of sp³-hybridized carbons (Fsp3) is 0.619. The summed E-state index contributed by atoms with van der Waals surface area (Å²) >= 11 is 5.94. The van der Waals surface area contributed by atoms with Crippen LogP contribution in [0.15, 0.2) is 24.3 Å². The third-order valence-corrected chi connectivity index (χ3v) is 4.42. The van der Waals surface area contributed by atoms with E-state index in [9.17, 15) is 9.59 Å². The largest absolute Gasteiger partial charge is 0.534 e. The Bertz CT molecular complexity index is 684. The van der Waals surface area contributed by atoms with Gasteiger partial charge in [0.15, 0.2) is 0 Å². The van der Waals surface area contributed by atoms with Crippen molar-refractivity contribution < 1.29 is 23.9 Å². The average molecular weight is 412 g/mol. The van der Waals surface area contributed by atoms with E-state index >= 15 is 0 Å². The molecule has 7 heteroatoms. The molecule has 1 aromatic rings. The van der Waals surface area contributed by atoms with E-state index in [0.717, 1.165) is 17.9 Å². The lowest BCUT2D eigenvalue weighted by molar-refractivity contribution is -0.145. The smallest absolute Gasteiger partial charge is 0.442 e. The Balaban J connectivity index is 1.96. The predicted molar refractivity (Wildman–Crippen MR) is 107 cm³/mol. The molecule has 156 valence electrons. The molecule has 2 rings (SSSR count). The van der Waals surface area contributed by atoms with Gasteiger partial charge < -0.3 is 14.3 Å². The number of hydrogen-bond donors (Lipinski definition) is 0. The average Bonchev–Trinajstić information content (AvgIpc) is 2.46. The monoisotopic (exact) mass is 411 g/mol. The molecular weight excluding hydrogens is 382 g/mol. The van der Waals surface area contributed by atoms with Gasteiger partial charge in [-0.3, -0.25) is 0 Å². The lowest BCUT2D eigenvalue weighted by Crippen LogP contribution is -2.44. The van der Waals surface area contributed by atoms with Gasteiger partial charge in [0.05, 0.1) is 6.54 Å². The van der Waals surface area contributed by atoms with Crippen LogP contribution < -0.4 is 0 Å². The number of halogens is 1. The second-order valence-corrected chi connectivity index (χ2v) is 9.62. The third-order valence-electron chi connectivity index (χ3n) is 4.17. The third kappa shape index (κ3) is 7.23. The van der Waals surface area contributed by atoms with E-state index < -0.39 is 23.5 Å². The van der Waals surface area contributed by atoms with Crippen molar-refractivity contribution in [1.29, 1.82) is 0 Å². The maximum absolute atomic E-state index is 12.5. The minimum atomic E-state index is -0.924. The Morgan fingerprint density at radius 2 is 1.54 bits per heavy atom. The van der Waals surface area contributed by atoms with Crippen molar-refractivity contribution in [3.05, 3.63) is 34.9 Å². The topological polar surface area (TPSA) is 65.1 Å². The highest BCUT2D eigenvalue weighted by atomic mass is 35.5. The van der Waals surface area contributed by atoms with Crippen LogP contribution in [0.3, 0.4) is 0 Å². The first-order valence-corrected chi connectivity index (χ1v) is 9.87. The standard InChI is InChI=1S/C21H30ClNO5/c1-20(2,3)26-18(24)23(28-19(25)27-21(4,5)6)13-14-11-16(12-14)15-7-9-17(22)10-8-15/h7-10,14,16H,11-13H2,1-6H3. The van der Waals surface area contributed by atoms with Crippen molar-refractivity contribution >= 4 is 23.8 Å². The first kappa shape index (κ1) is 22.3. The Morgan fingerprint density at radius 1 is 1.00 bits per heavy atom. The van der Waals surface area contributed by atoms with Crippen molar-refractivity contribution in [3.63, 3.8) is 0 Å². The quantitative estimate of drug-likeness (QED) is 0.455. The number of hydrogen-bond acceptors (Lipinski definition) is 5. The molecule has 1 aliphatic rings. The van der Waals surface area contributed by atoms with Crippen LogP contribution in [0.2, 0.25) is 5.02 Å². The van der Waals surface area contributed by atoms with Gasteiger partial charge in [-0.2, -0.15) is 0 Å². The summed E-state index contributed by atoms with van der Waals surface area (Å²) < 4.78 is 10.5. The van der Waals surface area contributed by atoms with E-state index in [1.807, 2.05) is 24.3 Å². The van der Waals surface area contributed by atoms with E-state index in [0.29, 0.717) is 10.9 Å². The highest BCUT2D eigenvalue weighted by Crippen LogP contribution is 2.42. The summed E-state index contributed by atoms with van der Waals surface area (Å²) in [6.07, 6.45) is 0.150. The molecule has 0 radical (unpaired) electrons. The molecule has 1 amide bonds. The van der Waals surface area contributed by atoms with Crippen molar-refractivity contribution in [2.75, 3.05) is 6.54 Å². The molecule has 28 heavy (non-hydrogen) atoms. The molecule has 0 N–H and O–H groups in total. The molecule has 0 aliphatic heterocycles. The number of hydroxylamine groups is 2. The van der Waals surface area contributed by atoms with Crippen LogP contribution in [-0.4, -0.2) is 35.1 Å². The van der Waals surface area contributed by atoms with Crippen LogP contribution >= 0.6 is 11.6 Å². The number of ether oxygens (including phenoxy) is 2. The molecule has 0 spiro atoms. The molecule has 6 nitrogen and oxygen atoms in total. The number of carbonyl (C=O) groups excluding carboxylic acids is 2. The van der Waals surface area contributed by atoms with Gasteiger partial charge in [-0.15, -0.1) is 5.06 Å². The Labute approximate surface area is 172 Å². The highest BCUT2D eigenvalue weighted by Gasteiger charge is 2.36. The number of rotatable bonds is 3. The van der Waals surface area contributed by atoms with E-state index in [2.05, 4.69) is 0 Å². The van der Waals surface area contributed by atoms with E-state index in [-0.39, 0.29) is 12.5 Å². The van der Waals surface area contributed by atoms with Crippen LogP contribution in [0.1, 0.15) is 65.9 Å². The van der Waals surface area contributed by atoms with Gasteiger partial charge in [0.25, 0.3) is 0 Å². The molecule has 0 unspecified atom stereocenters. The number of amides is 1. The first-order valence-electron chi connectivity index (χ1n) is 9.49. The number of benzene rings is 1. The minimum Gasteiger partial charge on any atom is -0.442 e. The summed E-state index contributed by atoms with van der Waals surface area (Å²) in [6, 6.07) is 7.80. The maximum atomic E-state index is 12.5. The SMILES string of the molecule is CC(C)(C)OC(=O)ON(CC1CC(c2ccc(Cl)cc2)C1)C(=O)OC(C)(C)C. The Kier molecular flexibility index (Phi) is 6.86. The van der Waals surface area contributed by atoms with Gasteiger partial charge >= 0.3 is 12.2 Å². The van der Waals surface area contributed by atoms with Gasteiger partial charge in [-0.05, 0) is 83.9 Å². The fourth-order valence-corrected chi connectivity index (χ4v) is 3.07. The van der Waals surface area contributed by atoms with Gasteiger partial charge in [0.2, 0.25) is 0 Å². The zero-order valence-electron chi connectivity index (χ0n) is 17.5. The van der Waals surface area contributed by atoms with E-state index in [1.165, 1.54) is 5.56 Å². The van der Waals surface area contributed by atoms with Crippen molar-refractivity contribution in [1.82, 2.24) is 5.06 Å². The molecule has 1 aromatic carbocycles. The summed E-state index contributed by atoms with van der Waals surface area (Å²) in [5.74, 6) is 0.611. The molecular formula is C21H30ClNO5. The van der Waals surface area contributed by atoms with Gasteiger partial charge in [0.1, 0.15) is 11.2 Å². The van der Waals surface area contributed by atoms with Crippen LogP contribution in [0, 0.1) is 5.92 Å². The van der Waals surface area contributed by atoms with Crippen LogP contribution in [0.4, 0.5) is 9.59 Å². The minimum absolute atomic E-state index is 0.204. The first-order chi connectivity index (χ1) is 12.8. The van der Waals surface area contributed by atoms with E-state index in [1.54, 1.807) is 41.5 Å². The second-order valence-electron chi connectivity index (χ2n) is 9.18. The zero-order chi connectivity index (χ0) is 21.1. The molecule has 1 aliphatic carbocycles. The summed E-state index contributed by atoms with van der Waals surface area (Å²) in [5, 5.41) is 1.68. The van der Waals surface area contributed by atoms with Crippen LogP contribution in [-0.2, 0) is 14.3 Å². The summed E-state index contributed by atoms with van der Waals surface area (Å²) in [7, 11) is 0. The molecule has 0 atom stereocenters. The van der Waals surface area contributed by atoms with Gasteiger partial charge in [-0.25, -0.2) is 9.59 Å². The maximum Gasteiger partial charge on any atom is 0.534 e. The summed E-state index contributed by atoms with van der Waals surface area (Å²) in [4.78, 5) is 29.7. The molecule has 1 fully saturated rings. The lowest BCUT2D eigenvalue weighted by Gasteiger charge is -2.38. The zero-order valence-corrected chi connectivity index (χ0v) is 18.2. The molecule has 0 aromatic heterocycles. The number of carbonyl (C=O) groups is 2. The van der Waals surface area contributed by atoms with Gasteiger partial charge in [-0.1, -0.05) is 23.7 Å². The fourth-order valence-electron chi connectivity index (χ4n) is 2.95. The highest BCUT2D eigenvalue weighted by molar-refractivity contribution is 6.30. The van der Waals surface area contributed by atoms with Crippen LogP contribution in [0.25, 0.3) is 0 Å². The molecule has 0 saturated heterocycles. The Morgan fingerprint density at radius 3 is 2.04 bits per heavy atom. The predicted octanol–water partition coefficient (Wildman–Crippen LogP) is 5.94. The second kappa shape index (κ2) is 8.60.